The smallest absolute Gasteiger partial charge is 0.257 e. The van der Waals surface area contributed by atoms with Crippen LogP contribution in [0.25, 0.3) is 0 Å². The molecule has 2 unspecified atom stereocenters. The Bertz CT molecular complexity index is 706. The molecule has 3 rings (SSSR count). The summed E-state index contributed by atoms with van der Waals surface area (Å²) in [6.45, 7) is 1.43. The second kappa shape index (κ2) is 6.34. The first-order valence-corrected chi connectivity index (χ1v) is 7.65. The molecule has 0 saturated carbocycles. The highest BCUT2D eigenvalue weighted by Crippen LogP contribution is 2.35. The molecule has 6 heteroatoms. The summed E-state index contributed by atoms with van der Waals surface area (Å²) in [7, 11) is 3.98. The van der Waals surface area contributed by atoms with Crippen LogP contribution in [0.2, 0.25) is 0 Å². The van der Waals surface area contributed by atoms with Crippen LogP contribution in [0.15, 0.2) is 53.2 Å². The fourth-order valence-corrected chi connectivity index (χ4v) is 3.02. The molecule has 1 heterocycles. The van der Waals surface area contributed by atoms with Crippen LogP contribution in [0.5, 0.6) is 0 Å². The third-order valence-electron chi connectivity index (χ3n) is 4.12. The number of rotatable bonds is 4. The largest absolute Gasteiger partial charge is 0.377 e. The third-order valence-corrected chi connectivity index (χ3v) is 4.12. The predicted octanol–water partition coefficient (Wildman–Crippen LogP) is 2.18. The minimum Gasteiger partial charge on any atom is -0.377 e. The van der Waals surface area contributed by atoms with Crippen molar-refractivity contribution in [3.05, 3.63) is 63.9 Å². The van der Waals surface area contributed by atoms with Crippen molar-refractivity contribution < 1.29 is 4.92 Å². The van der Waals surface area contributed by atoms with E-state index in [9.17, 15) is 10.1 Å². The second-order valence-corrected chi connectivity index (χ2v) is 6.00. The van der Waals surface area contributed by atoms with Crippen LogP contribution in [0.4, 0.5) is 5.69 Å². The molecule has 0 aromatic heterocycles. The Morgan fingerprint density at radius 1 is 1.35 bits per heavy atom. The van der Waals surface area contributed by atoms with Gasteiger partial charge in [-0.25, -0.2) is 0 Å². The lowest BCUT2D eigenvalue weighted by molar-refractivity contribution is -0.431. The van der Waals surface area contributed by atoms with Gasteiger partial charge in [-0.15, -0.1) is 0 Å². The van der Waals surface area contributed by atoms with E-state index in [0.29, 0.717) is 6.54 Å². The summed E-state index contributed by atoms with van der Waals surface area (Å²) in [6, 6.07) is 7.73. The van der Waals surface area contributed by atoms with E-state index in [4.69, 9.17) is 4.99 Å². The van der Waals surface area contributed by atoms with Crippen LogP contribution in [0, 0.1) is 16.0 Å². The van der Waals surface area contributed by atoms with Gasteiger partial charge < -0.3 is 10.2 Å². The van der Waals surface area contributed by atoms with Crippen LogP contribution in [0.1, 0.15) is 5.56 Å². The fraction of sp³-hybridized carbons (Fsp3) is 0.353. The fourth-order valence-electron chi connectivity index (χ4n) is 3.02. The van der Waals surface area contributed by atoms with Crippen LogP contribution < -0.4 is 5.32 Å². The lowest BCUT2D eigenvalue weighted by Gasteiger charge is -2.34. The standard InChI is InChI=1S/C17H20N4O2/c1-20(2)11-10-18-17-12-6-3-4-7-13(12)19-14-8-5-9-15(16(14)17)21(22)23/h3-9,14,16,19H,10-11H2,1-2H3. The van der Waals surface area contributed by atoms with E-state index in [1.54, 1.807) is 12.2 Å². The number of hydrogen-bond acceptors (Lipinski definition) is 5. The minimum atomic E-state index is -0.355. The number of nitrogens with one attached hydrogen (secondary N) is 1. The molecule has 23 heavy (non-hydrogen) atoms. The quantitative estimate of drug-likeness (QED) is 0.683. The molecule has 0 bridgehead atoms. The Morgan fingerprint density at radius 3 is 2.87 bits per heavy atom. The van der Waals surface area contributed by atoms with Crippen molar-refractivity contribution in [2.24, 2.45) is 10.9 Å². The van der Waals surface area contributed by atoms with Crippen molar-refractivity contribution in [2.45, 2.75) is 6.04 Å². The van der Waals surface area contributed by atoms with Gasteiger partial charge in [0.25, 0.3) is 5.70 Å². The molecular weight excluding hydrogens is 292 g/mol. The van der Waals surface area contributed by atoms with E-state index in [2.05, 4.69) is 10.2 Å². The molecule has 120 valence electrons. The predicted molar refractivity (Wildman–Crippen MR) is 91.5 cm³/mol. The molecule has 0 spiro atoms. The Balaban J connectivity index is 2.04. The Kier molecular flexibility index (Phi) is 4.25. The molecule has 2 aliphatic rings. The van der Waals surface area contributed by atoms with Gasteiger partial charge in [-0.2, -0.15) is 0 Å². The molecular formula is C17H20N4O2. The number of likely N-dealkylation sites (N-methyl/N-ethyl adjacent to an activating group) is 1. The van der Waals surface area contributed by atoms with Crippen molar-refractivity contribution in [3.63, 3.8) is 0 Å². The molecule has 0 radical (unpaired) electrons. The number of aliphatic imine (C=N–C) groups is 1. The van der Waals surface area contributed by atoms with Crippen molar-refractivity contribution in [2.75, 3.05) is 32.5 Å². The first-order chi connectivity index (χ1) is 11.1. The molecule has 1 aliphatic heterocycles. The van der Waals surface area contributed by atoms with Crippen LogP contribution in [-0.4, -0.2) is 48.8 Å². The molecule has 1 aliphatic carbocycles. The van der Waals surface area contributed by atoms with E-state index >= 15 is 0 Å². The maximum absolute atomic E-state index is 11.5. The number of benzene rings is 1. The number of allylic oxidation sites excluding steroid dienone is 2. The summed E-state index contributed by atoms with van der Waals surface area (Å²) < 4.78 is 0. The lowest BCUT2D eigenvalue weighted by atomic mass is 9.80. The zero-order valence-electron chi connectivity index (χ0n) is 13.3. The maximum Gasteiger partial charge on any atom is 0.257 e. The first-order valence-electron chi connectivity index (χ1n) is 7.65. The van der Waals surface area contributed by atoms with E-state index in [1.165, 1.54) is 0 Å². The van der Waals surface area contributed by atoms with Gasteiger partial charge in [0.15, 0.2) is 0 Å². The van der Waals surface area contributed by atoms with Crippen molar-refractivity contribution >= 4 is 11.4 Å². The second-order valence-electron chi connectivity index (χ2n) is 6.00. The molecule has 0 saturated heterocycles. The van der Waals surface area contributed by atoms with Crippen LogP contribution in [0.3, 0.4) is 0 Å². The summed E-state index contributed by atoms with van der Waals surface area (Å²) in [5.41, 5.74) is 2.93. The zero-order valence-corrected chi connectivity index (χ0v) is 13.3. The highest BCUT2D eigenvalue weighted by atomic mass is 16.6. The number of hydrogen-bond donors (Lipinski definition) is 1. The van der Waals surface area contributed by atoms with Crippen LogP contribution in [-0.2, 0) is 0 Å². The van der Waals surface area contributed by atoms with Crippen molar-refractivity contribution in [1.82, 2.24) is 4.90 Å². The number of fused-ring (bicyclic) bond motifs is 2. The van der Waals surface area contributed by atoms with Crippen molar-refractivity contribution in [3.8, 4) is 0 Å². The summed E-state index contributed by atoms with van der Waals surface area (Å²) >= 11 is 0. The van der Waals surface area contributed by atoms with E-state index < -0.39 is 0 Å². The number of nitro groups is 1. The third kappa shape index (κ3) is 3.03. The minimum absolute atomic E-state index is 0.131. The maximum atomic E-state index is 11.5. The van der Waals surface area contributed by atoms with E-state index in [0.717, 1.165) is 23.5 Å². The van der Waals surface area contributed by atoms with Gasteiger partial charge in [0, 0.05) is 23.9 Å². The van der Waals surface area contributed by atoms with Gasteiger partial charge >= 0.3 is 0 Å². The normalized spacial score (nSPS) is 24.0. The number of anilines is 1. The first kappa shape index (κ1) is 15.4. The van der Waals surface area contributed by atoms with Crippen LogP contribution >= 0.6 is 0 Å². The molecule has 0 fully saturated rings. The van der Waals surface area contributed by atoms with Gasteiger partial charge in [0.1, 0.15) is 5.92 Å². The van der Waals surface area contributed by atoms with Gasteiger partial charge in [-0.1, -0.05) is 30.4 Å². The molecule has 1 aromatic rings. The topological polar surface area (TPSA) is 70.8 Å². The van der Waals surface area contributed by atoms with Gasteiger partial charge in [0.05, 0.1) is 23.2 Å². The molecule has 6 nitrogen and oxygen atoms in total. The van der Waals surface area contributed by atoms with E-state index in [1.807, 2.05) is 44.4 Å². The SMILES string of the molecule is CN(C)CCN=C1c2ccccc2NC2C=CC=C([N+](=O)[O-])C12. The summed E-state index contributed by atoms with van der Waals surface area (Å²) in [5.74, 6) is -0.355. The van der Waals surface area contributed by atoms with Gasteiger partial charge in [-0.05, 0) is 20.2 Å². The Labute approximate surface area is 135 Å². The highest BCUT2D eigenvalue weighted by molar-refractivity contribution is 6.10. The number of para-hydroxylation sites is 1. The lowest BCUT2D eigenvalue weighted by Crippen LogP contribution is -2.42. The summed E-state index contributed by atoms with van der Waals surface area (Å²) in [4.78, 5) is 18.0. The average molecular weight is 312 g/mol. The molecule has 1 aromatic carbocycles. The Morgan fingerprint density at radius 2 is 2.13 bits per heavy atom. The van der Waals surface area contributed by atoms with Gasteiger partial charge in [0.2, 0.25) is 0 Å². The highest BCUT2D eigenvalue weighted by Gasteiger charge is 2.41. The molecule has 0 amide bonds. The Hall–Kier alpha value is -2.47. The van der Waals surface area contributed by atoms with Crippen molar-refractivity contribution in [1.29, 1.82) is 0 Å². The zero-order chi connectivity index (χ0) is 16.4. The molecule has 1 N–H and O–H groups in total. The summed E-state index contributed by atoms with van der Waals surface area (Å²) in [6.07, 6.45) is 5.30. The number of nitrogens with zero attached hydrogens (tertiary/aromatic N) is 3. The van der Waals surface area contributed by atoms with E-state index in [-0.39, 0.29) is 22.6 Å². The molecule has 2 atom stereocenters. The monoisotopic (exact) mass is 312 g/mol. The average Bonchev–Trinajstić information content (AvgIpc) is 2.53. The van der Waals surface area contributed by atoms with Gasteiger partial charge in [-0.3, -0.25) is 15.1 Å². The summed E-state index contributed by atoms with van der Waals surface area (Å²) in [5, 5.41) is 14.9.